The summed E-state index contributed by atoms with van der Waals surface area (Å²) in [6.45, 7) is 3.99. The third-order valence-corrected chi connectivity index (χ3v) is 8.95. The summed E-state index contributed by atoms with van der Waals surface area (Å²) in [5.74, 6) is 0.677. The number of rotatable bonds is 10. The van der Waals surface area contributed by atoms with E-state index in [2.05, 4.69) is 4.90 Å². The van der Waals surface area contributed by atoms with E-state index in [-0.39, 0.29) is 19.0 Å². The molecule has 200 valence electrons. The van der Waals surface area contributed by atoms with Gasteiger partial charge in [-0.25, -0.2) is 0 Å². The highest BCUT2D eigenvalue weighted by molar-refractivity contribution is 7.90. The second-order valence-electron chi connectivity index (χ2n) is 9.27. The average Bonchev–Trinajstić information content (AvgIpc) is 2.88. The van der Waals surface area contributed by atoms with Crippen molar-refractivity contribution in [1.82, 2.24) is 8.79 Å². The van der Waals surface area contributed by atoms with E-state index < -0.39 is 13.9 Å². The van der Waals surface area contributed by atoms with Gasteiger partial charge in [-0.2, -0.15) is 8.42 Å². The van der Waals surface area contributed by atoms with Crippen LogP contribution in [0.3, 0.4) is 0 Å². The van der Waals surface area contributed by atoms with E-state index >= 15 is 0 Å². The second kappa shape index (κ2) is 13.3. The number of hydrogen-bond acceptors (Lipinski definition) is 4. The highest BCUT2D eigenvalue weighted by atomic mass is 35.5. The molecule has 1 atom stereocenters. The first-order valence-electron chi connectivity index (χ1n) is 12.3. The number of para-hydroxylation sites is 2. The van der Waals surface area contributed by atoms with Crippen LogP contribution in [0.15, 0.2) is 72.8 Å². The summed E-state index contributed by atoms with van der Waals surface area (Å²) in [7, 11) is -3.79. The van der Waals surface area contributed by atoms with Gasteiger partial charge in [0.1, 0.15) is 17.3 Å². The van der Waals surface area contributed by atoms with Crippen LogP contribution in [0.1, 0.15) is 31.2 Å². The molecule has 0 N–H and O–H groups in total. The second-order valence-corrected chi connectivity index (χ2v) is 12.2. The molecule has 1 fully saturated rings. The van der Waals surface area contributed by atoms with Crippen LogP contribution in [0.4, 0.5) is 11.4 Å². The quantitative estimate of drug-likeness (QED) is 0.183. The maximum absolute atomic E-state index is 13.7. The van der Waals surface area contributed by atoms with E-state index in [1.165, 1.54) is 25.5 Å². The van der Waals surface area contributed by atoms with Crippen LogP contribution in [-0.2, 0) is 16.6 Å². The number of hydrogen-bond donors (Lipinski definition) is 0. The monoisotopic (exact) mass is 583 g/mol. The zero-order valence-electron chi connectivity index (χ0n) is 21.0. The molecule has 1 aliphatic heterocycles. The minimum absolute atomic E-state index is 0. The van der Waals surface area contributed by atoms with Crippen molar-refractivity contribution in [2.45, 2.75) is 32.2 Å². The van der Waals surface area contributed by atoms with Crippen molar-refractivity contribution in [1.29, 1.82) is 0 Å². The Morgan fingerprint density at radius 2 is 1.59 bits per heavy atom. The Bertz CT molecular complexity index is 1270. The van der Waals surface area contributed by atoms with Gasteiger partial charge in [-0.3, -0.25) is 0 Å². The Morgan fingerprint density at radius 3 is 2.30 bits per heavy atom. The van der Waals surface area contributed by atoms with Crippen molar-refractivity contribution >= 4 is 57.0 Å². The maximum atomic E-state index is 13.7. The lowest BCUT2D eigenvalue weighted by atomic mass is 10.1. The zero-order valence-corrected chi connectivity index (χ0v) is 24.1. The number of ether oxygens (including phenoxy) is 1. The van der Waals surface area contributed by atoms with Crippen molar-refractivity contribution in [2.75, 3.05) is 32.5 Å². The SMILES string of the molecule is CS(=O)(=O)[N+](Cc1ccccc1OCCCN1CCCCC1)(c1ccccc1)c1cc(Cl)ccc1Cl.Cl. The Balaban J connectivity index is 0.00000380. The third kappa shape index (κ3) is 6.99. The van der Waals surface area contributed by atoms with E-state index in [1.807, 2.05) is 42.5 Å². The molecule has 3 aromatic carbocycles. The predicted octanol–water partition coefficient (Wildman–Crippen LogP) is 7.47. The molecular formula is C28H34Cl3N2O3S+. The summed E-state index contributed by atoms with van der Waals surface area (Å²) in [5, 5.41) is 0.743. The van der Waals surface area contributed by atoms with Crippen molar-refractivity contribution in [3.8, 4) is 5.75 Å². The molecule has 0 aromatic heterocycles. The van der Waals surface area contributed by atoms with Gasteiger partial charge in [0.2, 0.25) is 0 Å². The molecule has 3 aromatic rings. The van der Waals surface area contributed by atoms with Crippen molar-refractivity contribution in [3.63, 3.8) is 0 Å². The van der Waals surface area contributed by atoms with Crippen LogP contribution >= 0.6 is 35.6 Å². The van der Waals surface area contributed by atoms with Gasteiger partial charge in [-0.15, -0.1) is 16.3 Å². The molecule has 4 rings (SSSR count). The first kappa shape index (κ1) is 29.8. The molecule has 1 heterocycles. The van der Waals surface area contributed by atoms with Gasteiger partial charge in [0, 0.05) is 29.8 Å². The van der Waals surface area contributed by atoms with Gasteiger partial charge in [-0.05, 0) is 56.6 Å². The first-order valence-corrected chi connectivity index (χ1v) is 14.9. The fourth-order valence-electron chi connectivity index (χ4n) is 4.90. The summed E-state index contributed by atoms with van der Waals surface area (Å²) in [6.07, 6.45) is 6.00. The molecule has 1 unspecified atom stereocenters. The molecule has 0 amide bonds. The van der Waals surface area contributed by atoms with Crippen LogP contribution in [0.5, 0.6) is 5.75 Å². The topological polar surface area (TPSA) is 46.6 Å². The Morgan fingerprint density at radius 1 is 0.919 bits per heavy atom. The molecule has 0 radical (unpaired) electrons. The number of sulfonamides is 1. The molecule has 37 heavy (non-hydrogen) atoms. The van der Waals surface area contributed by atoms with Crippen LogP contribution in [0.2, 0.25) is 10.0 Å². The molecule has 0 bridgehead atoms. The van der Waals surface area contributed by atoms with Gasteiger partial charge >= 0.3 is 10.0 Å². The molecule has 9 heteroatoms. The molecule has 1 aliphatic rings. The van der Waals surface area contributed by atoms with E-state index in [9.17, 15) is 8.42 Å². The van der Waals surface area contributed by atoms with Crippen LogP contribution in [0.25, 0.3) is 0 Å². The van der Waals surface area contributed by atoms with Gasteiger partial charge in [0.15, 0.2) is 11.4 Å². The molecular weight excluding hydrogens is 551 g/mol. The first-order chi connectivity index (χ1) is 17.3. The number of halogens is 3. The Hall–Kier alpha value is -1.80. The van der Waals surface area contributed by atoms with Crippen LogP contribution in [-0.4, -0.2) is 45.8 Å². The van der Waals surface area contributed by atoms with E-state index in [1.54, 1.807) is 30.3 Å². The van der Waals surface area contributed by atoms with Gasteiger partial charge in [-0.1, -0.05) is 60.0 Å². The highest BCUT2D eigenvalue weighted by Crippen LogP contribution is 2.45. The van der Waals surface area contributed by atoms with Gasteiger partial charge in [0.25, 0.3) is 0 Å². The summed E-state index contributed by atoms with van der Waals surface area (Å²) < 4.78 is 33.1. The zero-order chi connectivity index (χ0) is 25.6. The Labute approximate surface area is 237 Å². The lowest BCUT2D eigenvalue weighted by Crippen LogP contribution is -2.48. The predicted molar refractivity (Wildman–Crippen MR) is 157 cm³/mol. The van der Waals surface area contributed by atoms with Crippen molar-refractivity contribution in [2.24, 2.45) is 0 Å². The number of likely N-dealkylation sites (tertiary alicyclic amines) is 1. The van der Waals surface area contributed by atoms with E-state index in [4.69, 9.17) is 27.9 Å². The summed E-state index contributed by atoms with van der Waals surface area (Å²) in [4.78, 5) is 2.49. The average molecular weight is 585 g/mol. The maximum Gasteiger partial charge on any atom is 0.304 e. The van der Waals surface area contributed by atoms with Crippen LogP contribution in [0, 0.1) is 0 Å². The molecule has 0 aliphatic carbocycles. The summed E-state index contributed by atoms with van der Waals surface area (Å²) in [5.41, 5.74) is 1.75. The van der Waals surface area contributed by atoms with E-state index in [0.29, 0.717) is 33.8 Å². The van der Waals surface area contributed by atoms with Gasteiger partial charge in [0.05, 0.1) is 18.4 Å². The summed E-state index contributed by atoms with van der Waals surface area (Å²) >= 11 is 13.0. The van der Waals surface area contributed by atoms with Crippen LogP contribution < -0.4 is 8.63 Å². The van der Waals surface area contributed by atoms with Crippen molar-refractivity contribution in [3.05, 3.63) is 88.4 Å². The molecule has 5 nitrogen and oxygen atoms in total. The smallest absolute Gasteiger partial charge is 0.304 e. The highest BCUT2D eigenvalue weighted by Gasteiger charge is 2.46. The minimum atomic E-state index is -3.79. The molecule has 0 spiro atoms. The number of nitrogens with zero attached hydrogens (tertiary/aromatic N) is 2. The molecule has 1 saturated heterocycles. The lowest BCUT2D eigenvalue weighted by Gasteiger charge is -2.36. The third-order valence-electron chi connectivity index (χ3n) is 6.73. The van der Waals surface area contributed by atoms with E-state index in [0.717, 1.165) is 31.6 Å². The number of piperidine rings is 1. The van der Waals surface area contributed by atoms with Gasteiger partial charge < -0.3 is 9.64 Å². The number of quaternary nitrogens is 1. The number of benzene rings is 3. The summed E-state index contributed by atoms with van der Waals surface area (Å²) in [6, 6.07) is 21.7. The van der Waals surface area contributed by atoms with Crippen molar-refractivity contribution < 1.29 is 13.2 Å². The normalized spacial score (nSPS) is 16.0. The standard InChI is InChI=1S/C28H33Cl2N2O3S.ClH/c1-36(33,34)32(25-12-4-2-5-13-25,27-21-24(29)15-16-26(27)30)22-23-11-6-7-14-28(23)35-20-10-19-31-17-8-3-9-18-31;/h2,4-7,11-16,21H,3,8-10,17-20,22H2,1H3;1H/q+1;. The fraction of sp³-hybridized carbons (Fsp3) is 0.357. The fourth-order valence-corrected chi connectivity index (χ4v) is 6.77. The molecule has 0 saturated carbocycles. The lowest BCUT2D eigenvalue weighted by molar-refractivity contribution is 0.204. The largest absolute Gasteiger partial charge is 0.493 e. The Kier molecular flexibility index (Phi) is 10.7. The minimum Gasteiger partial charge on any atom is -0.493 e.